The molecule has 1 aliphatic rings. The summed E-state index contributed by atoms with van der Waals surface area (Å²) >= 11 is 0. The van der Waals surface area contributed by atoms with E-state index in [1.165, 1.54) is 22.3 Å². The van der Waals surface area contributed by atoms with E-state index < -0.39 is 0 Å². The van der Waals surface area contributed by atoms with E-state index in [1.54, 1.807) is 11.9 Å². The van der Waals surface area contributed by atoms with Crippen LogP contribution in [-0.2, 0) is 9.53 Å². The number of carbonyl (C=O) groups excluding carboxylic acids is 2. The maximum absolute atomic E-state index is 12.5. The van der Waals surface area contributed by atoms with Gasteiger partial charge in [-0.25, -0.2) is 4.79 Å². The SMILES string of the molecule is CC(C)C(CC=O)N(C)C(=O)OCC1c2ccccc2-c2ccccc21. The first kappa shape index (κ1) is 18.2. The number of benzene rings is 2. The Balaban J connectivity index is 1.75. The van der Waals surface area contributed by atoms with Crippen LogP contribution in [0.2, 0.25) is 0 Å². The van der Waals surface area contributed by atoms with Crippen molar-refractivity contribution in [2.75, 3.05) is 13.7 Å². The molecule has 4 nitrogen and oxygen atoms in total. The smallest absolute Gasteiger partial charge is 0.409 e. The van der Waals surface area contributed by atoms with Crippen LogP contribution in [0, 0.1) is 5.92 Å². The molecule has 2 aromatic rings. The van der Waals surface area contributed by atoms with Gasteiger partial charge in [-0.05, 0) is 28.2 Å². The van der Waals surface area contributed by atoms with Gasteiger partial charge in [-0.15, -0.1) is 0 Å². The third-order valence-electron chi connectivity index (χ3n) is 5.23. The molecule has 0 N–H and O–H groups in total. The maximum atomic E-state index is 12.5. The van der Waals surface area contributed by atoms with Crippen molar-refractivity contribution in [3.8, 4) is 11.1 Å². The molecule has 0 radical (unpaired) electrons. The molecule has 3 rings (SSSR count). The number of hydrogen-bond donors (Lipinski definition) is 0. The van der Waals surface area contributed by atoms with E-state index in [2.05, 4.69) is 24.3 Å². The Bertz CT molecular complexity index is 754. The summed E-state index contributed by atoms with van der Waals surface area (Å²) in [6.45, 7) is 4.30. The van der Waals surface area contributed by atoms with Gasteiger partial charge in [0, 0.05) is 25.4 Å². The molecular weight excluding hydrogens is 326 g/mol. The van der Waals surface area contributed by atoms with Crippen LogP contribution >= 0.6 is 0 Å². The van der Waals surface area contributed by atoms with Gasteiger partial charge in [0.25, 0.3) is 0 Å². The summed E-state index contributed by atoms with van der Waals surface area (Å²) in [5.74, 6) is 0.231. The normalized spacial score (nSPS) is 13.8. The molecule has 1 atom stereocenters. The van der Waals surface area contributed by atoms with Crippen molar-refractivity contribution in [1.82, 2.24) is 4.90 Å². The van der Waals surface area contributed by atoms with Crippen LogP contribution in [0.25, 0.3) is 11.1 Å². The molecule has 0 bridgehead atoms. The Morgan fingerprint density at radius 2 is 1.62 bits per heavy atom. The fraction of sp³-hybridized carbons (Fsp3) is 0.364. The molecule has 26 heavy (non-hydrogen) atoms. The number of carbonyl (C=O) groups is 2. The van der Waals surface area contributed by atoms with Gasteiger partial charge in [-0.3, -0.25) is 0 Å². The van der Waals surface area contributed by atoms with Gasteiger partial charge in [0.1, 0.15) is 12.9 Å². The first-order valence-electron chi connectivity index (χ1n) is 9.06. The molecule has 136 valence electrons. The van der Waals surface area contributed by atoms with E-state index in [0.29, 0.717) is 13.0 Å². The molecular formula is C22H25NO3. The molecule has 1 amide bonds. The monoisotopic (exact) mass is 351 g/mol. The molecule has 1 aliphatic carbocycles. The first-order valence-corrected chi connectivity index (χ1v) is 9.06. The second kappa shape index (κ2) is 7.73. The molecule has 0 aliphatic heterocycles. The third-order valence-corrected chi connectivity index (χ3v) is 5.23. The van der Waals surface area contributed by atoms with Gasteiger partial charge >= 0.3 is 6.09 Å². The lowest BCUT2D eigenvalue weighted by Crippen LogP contribution is -2.41. The van der Waals surface area contributed by atoms with Crippen molar-refractivity contribution in [2.45, 2.75) is 32.2 Å². The molecule has 0 spiro atoms. The Morgan fingerprint density at radius 3 is 2.12 bits per heavy atom. The highest BCUT2D eigenvalue weighted by Crippen LogP contribution is 2.44. The van der Waals surface area contributed by atoms with Crippen molar-refractivity contribution >= 4 is 12.4 Å². The van der Waals surface area contributed by atoms with Crippen LogP contribution < -0.4 is 0 Å². The minimum absolute atomic E-state index is 0.0447. The lowest BCUT2D eigenvalue weighted by atomic mass is 9.98. The Hall–Kier alpha value is -2.62. The quantitative estimate of drug-likeness (QED) is 0.721. The van der Waals surface area contributed by atoms with Crippen molar-refractivity contribution in [2.24, 2.45) is 5.92 Å². The molecule has 4 heteroatoms. The lowest BCUT2D eigenvalue weighted by Gasteiger charge is -2.29. The average molecular weight is 351 g/mol. The van der Waals surface area contributed by atoms with Crippen LogP contribution in [0.4, 0.5) is 4.79 Å². The number of nitrogens with zero attached hydrogens (tertiary/aromatic N) is 1. The molecule has 0 saturated heterocycles. The molecule has 0 heterocycles. The minimum Gasteiger partial charge on any atom is -0.448 e. The summed E-state index contributed by atoms with van der Waals surface area (Å²) in [6, 6.07) is 16.4. The van der Waals surface area contributed by atoms with Crippen molar-refractivity contribution < 1.29 is 14.3 Å². The highest BCUT2D eigenvalue weighted by Gasteiger charge is 2.30. The molecule has 0 fully saturated rings. The third kappa shape index (κ3) is 3.36. The number of ether oxygens (including phenoxy) is 1. The maximum Gasteiger partial charge on any atom is 0.409 e. The predicted octanol–water partition coefficient (Wildman–Crippen LogP) is 4.48. The van der Waals surface area contributed by atoms with E-state index in [9.17, 15) is 9.59 Å². The van der Waals surface area contributed by atoms with Gasteiger partial charge in [-0.2, -0.15) is 0 Å². The fourth-order valence-electron chi connectivity index (χ4n) is 3.81. The summed E-state index contributed by atoms with van der Waals surface area (Å²) in [4.78, 5) is 25.0. The molecule has 2 aromatic carbocycles. The van der Waals surface area contributed by atoms with Gasteiger partial charge in [0.2, 0.25) is 0 Å². The van der Waals surface area contributed by atoms with Crippen LogP contribution in [-0.4, -0.2) is 37.0 Å². The largest absolute Gasteiger partial charge is 0.448 e. The number of aldehydes is 1. The average Bonchev–Trinajstić information content (AvgIpc) is 2.97. The Kier molecular flexibility index (Phi) is 5.40. The zero-order valence-corrected chi connectivity index (χ0v) is 15.5. The van der Waals surface area contributed by atoms with E-state index >= 15 is 0 Å². The number of fused-ring (bicyclic) bond motifs is 3. The van der Waals surface area contributed by atoms with Gasteiger partial charge in [0.05, 0.1) is 0 Å². The van der Waals surface area contributed by atoms with Gasteiger partial charge in [0.15, 0.2) is 0 Å². The van der Waals surface area contributed by atoms with Gasteiger partial charge < -0.3 is 14.4 Å². The van der Waals surface area contributed by atoms with Crippen LogP contribution in [0.1, 0.15) is 37.3 Å². The molecule has 0 aromatic heterocycles. The summed E-state index contributed by atoms with van der Waals surface area (Å²) < 4.78 is 5.65. The van der Waals surface area contributed by atoms with E-state index in [1.807, 2.05) is 38.1 Å². The first-order chi connectivity index (χ1) is 12.5. The van der Waals surface area contributed by atoms with Crippen LogP contribution in [0.15, 0.2) is 48.5 Å². The van der Waals surface area contributed by atoms with Crippen LogP contribution in [0.5, 0.6) is 0 Å². The highest BCUT2D eigenvalue weighted by atomic mass is 16.6. The number of amides is 1. The van der Waals surface area contributed by atoms with Crippen molar-refractivity contribution in [3.05, 3.63) is 59.7 Å². The predicted molar refractivity (Wildman–Crippen MR) is 102 cm³/mol. The summed E-state index contributed by atoms with van der Waals surface area (Å²) in [5, 5.41) is 0. The van der Waals surface area contributed by atoms with Crippen molar-refractivity contribution in [3.63, 3.8) is 0 Å². The van der Waals surface area contributed by atoms with Crippen molar-refractivity contribution in [1.29, 1.82) is 0 Å². The second-order valence-electron chi connectivity index (χ2n) is 7.13. The topological polar surface area (TPSA) is 46.6 Å². The highest BCUT2D eigenvalue weighted by molar-refractivity contribution is 5.79. The minimum atomic E-state index is -0.382. The second-order valence-corrected chi connectivity index (χ2v) is 7.13. The van der Waals surface area contributed by atoms with Crippen LogP contribution in [0.3, 0.4) is 0 Å². The molecule has 1 unspecified atom stereocenters. The zero-order valence-electron chi connectivity index (χ0n) is 15.5. The fourth-order valence-corrected chi connectivity index (χ4v) is 3.81. The Labute approximate surface area is 154 Å². The van der Waals surface area contributed by atoms with E-state index in [-0.39, 0.29) is 24.0 Å². The van der Waals surface area contributed by atoms with E-state index in [4.69, 9.17) is 4.74 Å². The summed E-state index contributed by atoms with van der Waals surface area (Å²) in [6.07, 6.45) is 0.795. The number of rotatable bonds is 6. The lowest BCUT2D eigenvalue weighted by molar-refractivity contribution is -0.109. The Morgan fingerprint density at radius 1 is 1.08 bits per heavy atom. The van der Waals surface area contributed by atoms with E-state index in [0.717, 1.165) is 6.29 Å². The number of hydrogen-bond acceptors (Lipinski definition) is 3. The zero-order chi connectivity index (χ0) is 18.7. The summed E-state index contributed by atoms with van der Waals surface area (Å²) in [5.41, 5.74) is 4.80. The summed E-state index contributed by atoms with van der Waals surface area (Å²) in [7, 11) is 1.70. The van der Waals surface area contributed by atoms with Gasteiger partial charge in [-0.1, -0.05) is 62.4 Å². The molecule has 0 saturated carbocycles. The standard InChI is InChI=1S/C22H25NO3/c1-15(2)21(12-13-24)23(3)22(25)26-14-20-18-10-6-4-8-16(18)17-9-5-7-11-19(17)20/h4-11,13,15,20-21H,12,14H2,1-3H3.